The fourth-order valence-electron chi connectivity index (χ4n) is 1.76. The predicted octanol–water partition coefficient (Wildman–Crippen LogP) is 3.36. The van der Waals surface area contributed by atoms with E-state index in [-0.39, 0.29) is 10.6 Å². The van der Waals surface area contributed by atoms with Crippen molar-refractivity contribution >= 4 is 16.5 Å². The SMILES string of the molecule is Cc1ccc2c([N+](=O)[O-])cccc2c1C. The van der Waals surface area contributed by atoms with Crippen LogP contribution in [0.15, 0.2) is 30.3 Å². The molecule has 0 fully saturated rings. The minimum absolute atomic E-state index is 0.176. The monoisotopic (exact) mass is 201 g/mol. The van der Waals surface area contributed by atoms with Crippen LogP contribution in [0.4, 0.5) is 5.69 Å². The van der Waals surface area contributed by atoms with E-state index >= 15 is 0 Å². The average molecular weight is 201 g/mol. The molecule has 0 amide bonds. The third-order valence-corrected chi connectivity index (χ3v) is 2.78. The molecular weight excluding hydrogens is 190 g/mol. The minimum Gasteiger partial charge on any atom is -0.258 e. The number of fused-ring (bicyclic) bond motifs is 1. The summed E-state index contributed by atoms with van der Waals surface area (Å²) in [6.07, 6.45) is 0. The van der Waals surface area contributed by atoms with Gasteiger partial charge in [0.25, 0.3) is 5.69 Å². The standard InChI is InChI=1S/C12H11NO2/c1-8-6-7-11-10(9(8)2)4-3-5-12(11)13(14)15/h3-7H,1-2H3. The van der Waals surface area contributed by atoms with Crippen molar-refractivity contribution in [2.24, 2.45) is 0 Å². The third-order valence-electron chi connectivity index (χ3n) is 2.78. The Labute approximate surface area is 87.5 Å². The molecule has 2 aromatic carbocycles. The fourth-order valence-corrected chi connectivity index (χ4v) is 1.76. The van der Waals surface area contributed by atoms with Crippen LogP contribution in [0.5, 0.6) is 0 Å². The molecule has 0 saturated carbocycles. The van der Waals surface area contributed by atoms with Gasteiger partial charge in [0.05, 0.1) is 10.3 Å². The first kappa shape index (κ1) is 9.65. The maximum absolute atomic E-state index is 10.8. The molecule has 0 aliphatic rings. The molecule has 0 bridgehead atoms. The van der Waals surface area contributed by atoms with Crippen molar-refractivity contribution in [1.82, 2.24) is 0 Å². The molecule has 0 aromatic heterocycles. The molecule has 0 atom stereocenters. The van der Waals surface area contributed by atoms with Crippen molar-refractivity contribution in [3.63, 3.8) is 0 Å². The van der Waals surface area contributed by atoms with Gasteiger partial charge in [0, 0.05) is 6.07 Å². The van der Waals surface area contributed by atoms with Crippen molar-refractivity contribution in [2.45, 2.75) is 13.8 Å². The van der Waals surface area contributed by atoms with E-state index in [2.05, 4.69) is 0 Å². The Kier molecular flexibility index (Phi) is 2.15. The Hall–Kier alpha value is -1.90. The van der Waals surface area contributed by atoms with E-state index in [1.165, 1.54) is 6.07 Å². The van der Waals surface area contributed by atoms with Crippen LogP contribution < -0.4 is 0 Å². The van der Waals surface area contributed by atoms with Crippen molar-refractivity contribution in [1.29, 1.82) is 0 Å². The molecular formula is C12H11NO2. The highest BCUT2D eigenvalue weighted by molar-refractivity contribution is 5.93. The van der Waals surface area contributed by atoms with E-state index in [0.29, 0.717) is 5.39 Å². The van der Waals surface area contributed by atoms with E-state index in [1.807, 2.05) is 32.0 Å². The van der Waals surface area contributed by atoms with Crippen molar-refractivity contribution in [3.05, 3.63) is 51.6 Å². The largest absolute Gasteiger partial charge is 0.277 e. The van der Waals surface area contributed by atoms with Crippen molar-refractivity contribution in [2.75, 3.05) is 0 Å². The molecule has 0 heterocycles. The molecule has 15 heavy (non-hydrogen) atoms. The van der Waals surface area contributed by atoms with E-state index in [0.717, 1.165) is 16.5 Å². The Morgan fingerprint density at radius 3 is 2.47 bits per heavy atom. The van der Waals surface area contributed by atoms with Crippen LogP contribution in [0.2, 0.25) is 0 Å². The highest BCUT2D eigenvalue weighted by atomic mass is 16.6. The molecule has 0 radical (unpaired) electrons. The lowest BCUT2D eigenvalue weighted by atomic mass is 10.00. The zero-order valence-corrected chi connectivity index (χ0v) is 8.65. The van der Waals surface area contributed by atoms with Crippen LogP contribution >= 0.6 is 0 Å². The van der Waals surface area contributed by atoms with E-state index in [9.17, 15) is 10.1 Å². The van der Waals surface area contributed by atoms with Gasteiger partial charge in [0.15, 0.2) is 0 Å². The first-order valence-corrected chi connectivity index (χ1v) is 4.74. The summed E-state index contributed by atoms with van der Waals surface area (Å²) in [4.78, 5) is 10.5. The number of hydrogen-bond donors (Lipinski definition) is 0. The van der Waals surface area contributed by atoms with Crippen molar-refractivity contribution in [3.8, 4) is 0 Å². The summed E-state index contributed by atoms with van der Waals surface area (Å²) in [5.41, 5.74) is 2.44. The van der Waals surface area contributed by atoms with Gasteiger partial charge in [0.1, 0.15) is 0 Å². The van der Waals surface area contributed by atoms with Gasteiger partial charge in [-0.2, -0.15) is 0 Å². The van der Waals surface area contributed by atoms with Gasteiger partial charge in [-0.3, -0.25) is 10.1 Å². The summed E-state index contributed by atoms with van der Waals surface area (Å²) in [6.45, 7) is 4.00. The number of aryl methyl sites for hydroxylation is 2. The van der Waals surface area contributed by atoms with Gasteiger partial charge in [-0.1, -0.05) is 18.2 Å². The average Bonchev–Trinajstić information content (AvgIpc) is 2.23. The number of benzene rings is 2. The van der Waals surface area contributed by atoms with Crippen LogP contribution in [-0.4, -0.2) is 4.92 Å². The Morgan fingerprint density at radius 2 is 1.80 bits per heavy atom. The maximum atomic E-state index is 10.8. The number of rotatable bonds is 1. The maximum Gasteiger partial charge on any atom is 0.277 e. The van der Waals surface area contributed by atoms with Gasteiger partial charge in [-0.15, -0.1) is 0 Å². The van der Waals surface area contributed by atoms with Crippen LogP contribution in [0.1, 0.15) is 11.1 Å². The van der Waals surface area contributed by atoms with Gasteiger partial charge in [-0.25, -0.2) is 0 Å². The number of nitro groups is 1. The van der Waals surface area contributed by atoms with E-state index in [4.69, 9.17) is 0 Å². The number of nitro benzene ring substituents is 1. The minimum atomic E-state index is -0.336. The number of nitrogens with zero attached hydrogens (tertiary/aromatic N) is 1. The summed E-state index contributed by atoms with van der Waals surface area (Å²) < 4.78 is 0. The molecule has 0 saturated heterocycles. The smallest absolute Gasteiger partial charge is 0.258 e. The lowest BCUT2D eigenvalue weighted by molar-refractivity contribution is -0.383. The van der Waals surface area contributed by atoms with Crippen LogP contribution in [0, 0.1) is 24.0 Å². The summed E-state index contributed by atoms with van der Waals surface area (Å²) in [7, 11) is 0. The molecule has 0 unspecified atom stereocenters. The molecule has 2 aromatic rings. The number of non-ortho nitro benzene ring substituents is 1. The lowest BCUT2D eigenvalue weighted by Crippen LogP contribution is -1.91. The number of hydrogen-bond acceptors (Lipinski definition) is 2. The van der Waals surface area contributed by atoms with E-state index < -0.39 is 0 Å². The molecule has 0 aliphatic carbocycles. The van der Waals surface area contributed by atoms with Crippen molar-refractivity contribution < 1.29 is 4.92 Å². The topological polar surface area (TPSA) is 43.1 Å². The van der Waals surface area contributed by atoms with E-state index in [1.54, 1.807) is 6.07 Å². The van der Waals surface area contributed by atoms with Gasteiger partial charge >= 0.3 is 0 Å². The second-order valence-corrected chi connectivity index (χ2v) is 3.64. The molecule has 0 aliphatic heterocycles. The summed E-state index contributed by atoms with van der Waals surface area (Å²) in [5, 5.41) is 12.5. The van der Waals surface area contributed by atoms with Gasteiger partial charge in [0.2, 0.25) is 0 Å². The zero-order chi connectivity index (χ0) is 11.0. The highest BCUT2D eigenvalue weighted by Crippen LogP contribution is 2.28. The second kappa shape index (κ2) is 3.35. The fraction of sp³-hybridized carbons (Fsp3) is 0.167. The van der Waals surface area contributed by atoms with Gasteiger partial charge < -0.3 is 0 Å². The Morgan fingerprint density at radius 1 is 1.07 bits per heavy atom. The second-order valence-electron chi connectivity index (χ2n) is 3.64. The van der Waals surface area contributed by atoms with Crippen LogP contribution in [0.25, 0.3) is 10.8 Å². The van der Waals surface area contributed by atoms with Crippen LogP contribution in [-0.2, 0) is 0 Å². The van der Waals surface area contributed by atoms with Gasteiger partial charge in [-0.05, 0) is 36.4 Å². The molecule has 0 N–H and O–H groups in total. The quantitative estimate of drug-likeness (QED) is 0.524. The first-order chi connectivity index (χ1) is 7.11. The highest BCUT2D eigenvalue weighted by Gasteiger charge is 2.12. The molecule has 2 rings (SSSR count). The lowest BCUT2D eigenvalue weighted by Gasteiger charge is -2.05. The summed E-state index contributed by atoms with van der Waals surface area (Å²) in [5.74, 6) is 0. The normalized spacial score (nSPS) is 10.5. The molecule has 3 heteroatoms. The Bertz CT molecular complexity index is 547. The molecule has 76 valence electrons. The zero-order valence-electron chi connectivity index (χ0n) is 8.65. The molecule has 0 spiro atoms. The summed E-state index contributed by atoms with van der Waals surface area (Å²) >= 11 is 0. The summed E-state index contributed by atoms with van der Waals surface area (Å²) in [6, 6.07) is 8.93. The predicted molar refractivity (Wildman–Crippen MR) is 60.1 cm³/mol. The molecule has 3 nitrogen and oxygen atoms in total. The first-order valence-electron chi connectivity index (χ1n) is 4.74. The third kappa shape index (κ3) is 1.46. The van der Waals surface area contributed by atoms with Crippen LogP contribution in [0.3, 0.4) is 0 Å². The Balaban J connectivity index is 2.89.